The minimum Gasteiger partial charge on any atom is -0.300 e. The van der Waals surface area contributed by atoms with Crippen LogP contribution in [0.4, 0.5) is 0 Å². The lowest BCUT2D eigenvalue weighted by molar-refractivity contribution is -0.126. The van der Waals surface area contributed by atoms with Crippen LogP contribution in [0.1, 0.15) is 18.4 Å². The molecule has 2 aromatic rings. The van der Waals surface area contributed by atoms with Crippen LogP contribution in [0.3, 0.4) is 0 Å². The number of nitriles is 1. The first kappa shape index (κ1) is 10.7. The van der Waals surface area contributed by atoms with Gasteiger partial charge in [0.1, 0.15) is 5.78 Å². The van der Waals surface area contributed by atoms with E-state index >= 15 is 0 Å². The highest BCUT2D eigenvalue weighted by atomic mass is 16.1. The molecule has 0 amide bonds. The van der Waals surface area contributed by atoms with Gasteiger partial charge in [-0.05, 0) is 23.8 Å². The predicted molar refractivity (Wildman–Crippen MR) is 65.1 cm³/mol. The number of Topliss-reactive ketones (excluding diaryl/α,β-unsaturated/α-hetero) is 1. The van der Waals surface area contributed by atoms with Gasteiger partial charge in [-0.15, -0.1) is 0 Å². The topological polar surface area (TPSA) is 58.7 Å². The lowest BCUT2D eigenvalue weighted by atomic mass is 9.65. The van der Waals surface area contributed by atoms with Crippen LogP contribution in [0.15, 0.2) is 42.7 Å². The Labute approximate surface area is 104 Å². The van der Waals surface area contributed by atoms with E-state index in [0.29, 0.717) is 12.8 Å². The molecule has 0 radical (unpaired) electrons. The average molecular weight is 237 g/mol. The summed E-state index contributed by atoms with van der Waals surface area (Å²) in [5, 5.41) is 13.4. The van der Waals surface area contributed by atoms with Gasteiger partial charge in [0.15, 0.2) is 0 Å². The van der Waals surface area contributed by atoms with Crippen LogP contribution in [0.25, 0.3) is 5.69 Å². The normalized spacial score (nSPS) is 16.9. The number of nitrogens with zero attached hydrogens (tertiary/aromatic N) is 3. The highest BCUT2D eigenvalue weighted by molar-refractivity contribution is 5.90. The van der Waals surface area contributed by atoms with Gasteiger partial charge in [0, 0.05) is 25.2 Å². The van der Waals surface area contributed by atoms with Gasteiger partial charge in [-0.1, -0.05) is 12.1 Å². The van der Waals surface area contributed by atoms with Crippen LogP contribution in [-0.4, -0.2) is 15.6 Å². The first-order chi connectivity index (χ1) is 8.73. The number of carbonyl (C=O) groups is 1. The molecule has 18 heavy (non-hydrogen) atoms. The lowest BCUT2D eigenvalue weighted by Crippen LogP contribution is -2.40. The van der Waals surface area contributed by atoms with Crippen molar-refractivity contribution in [3.8, 4) is 11.8 Å². The second kappa shape index (κ2) is 3.81. The minimum atomic E-state index is -0.597. The van der Waals surface area contributed by atoms with E-state index in [1.807, 2.05) is 36.5 Å². The van der Waals surface area contributed by atoms with E-state index in [1.54, 1.807) is 10.9 Å². The maximum Gasteiger partial charge on any atom is 0.136 e. The SMILES string of the molecule is N#CC1(c2ccc(-n3cccn3)cc2)CC(=O)C1. The average Bonchev–Trinajstić information content (AvgIpc) is 2.89. The summed E-state index contributed by atoms with van der Waals surface area (Å²) >= 11 is 0. The first-order valence-electron chi connectivity index (χ1n) is 5.77. The summed E-state index contributed by atoms with van der Waals surface area (Å²) in [5.74, 6) is 0.160. The molecule has 88 valence electrons. The van der Waals surface area contributed by atoms with Crippen LogP contribution in [0.2, 0.25) is 0 Å². The number of aromatic nitrogens is 2. The molecular formula is C14H11N3O. The highest BCUT2D eigenvalue weighted by Crippen LogP contribution is 2.40. The fraction of sp³-hybridized carbons (Fsp3) is 0.214. The molecule has 0 N–H and O–H groups in total. The molecule has 1 aromatic carbocycles. The van der Waals surface area contributed by atoms with Gasteiger partial charge < -0.3 is 0 Å². The smallest absolute Gasteiger partial charge is 0.136 e. The maximum atomic E-state index is 11.1. The highest BCUT2D eigenvalue weighted by Gasteiger charge is 2.45. The van der Waals surface area contributed by atoms with E-state index in [-0.39, 0.29) is 5.78 Å². The molecule has 4 heteroatoms. The summed E-state index contributed by atoms with van der Waals surface area (Å²) in [6.07, 6.45) is 4.26. The van der Waals surface area contributed by atoms with Crippen LogP contribution in [-0.2, 0) is 10.2 Å². The lowest BCUT2D eigenvalue weighted by Gasteiger charge is -2.34. The van der Waals surface area contributed by atoms with Crippen molar-refractivity contribution in [2.45, 2.75) is 18.3 Å². The van der Waals surface area contributed by atoms with E-state index in [0.717, 1.165) is 11.3 Å². The Morgan fingerprint density at radius 3 is 2.50 bits per heavy atom. The number of ketones is 1. The quantitative estimate of drug-likeness (QED) is 0.802. The Hall–Kier alpha value is -2.41. The molecule has 0 atom stereocenters. The molecule has 0 spiro atoms. The summed E-state index contributed by atoms with van der Waals surface area (Å²) in [7, 11) is 0. The third-order valence-electron chi connectivity index (χ3n) is 3.40. The molecule has 3 rings (SSSR count). The number of hydrogen-bond acceptors (Lipinski definition) is 3. The molecular weight excluding hydrogens is 226 g/mol. The van der Waals surface area contributed by atoms with E-state index in [1.165, 1.54) is 0 Å². The van der Waals surface area contributed by atoms with Crippen molar-refractivity contribution in [2.24, 2.45) is 0 Å². The second-order valence-corrected chi connectivity index (χ2v) is 4.58. The monoisotopic (exact) mass is 237 g/mol. The van der Waals surface area contributed by atoms with Gasteiger partial charge in [0.05, 0.1) is 17.2 Å². The predicted octanol–water partition coefficient (Wildman–Crippen LogP) is 2.00. The zero-order valence-corrected chi connectivity index (χ0v) is 9.71. The molecule has 0 unspecified atom stereocenters. The number of benzene rings is 1. The fourth-order valence-corrected chi connectivity index (χ4v) is 2.32. The van der Waals surface area contributed by atoms with Crippen molar-refractivity contribution in [1.82, 2.24) is 9.78 Å². The number of rotatable bonds is 2. The van der Waals surface area contributed by atoms with Crippen molar-refractivity contribution in [3.05, 3.63) is 48.3 Å². The Morgan fingerprint density at radius 1 is 1.28 bits per heavy atom. The Kier molecular flexibility index (Phi) is 2.27. The molecule has 1 aliphatic rings. The molecule has 0 aliphatic heterocycles. The van der Waals surface area contributed by atoms with Gasteiger partial charge in [0.2, 0.25) is 0 Å². The van der Waals surface area contributed by atoms with Crippen molar-refractivity contribution in [1.29, 1.82) is 5.26 Å². The van der Waals surface area contributed by atoms with E-state index in [4.69, 9.17) is 0 Å². The van der Waals surface area contributed by atoms with Crippen LogP contribution >= 0.6 is 0 Å². The van der Waals surface area contributed by atoms with Crippen molar-refractivity contribution in [3.63, 3.8) is 0 Å². The summed E-state index contributed by atoms with van der Waals surface area (Å²) in [5.41, 5.74) is 1.27. The molecule has 4 nitrogen and oxygen atoms in total. The van der Waals surface area contributed by atoms with Crippen LogP contribution in [0, 0.1) is 11.3 Å². The summed E-state index contributed by atoms with van der Waals surface area (Å²) in [6.45, 7) is 0. The minimum absolute atomic E-state index is 0.160. The summed E-state index contributed by atoms with van der Waals surface area (Å²) in [4.78, 5) is 11.1. The Bertz CT molecular complexity index is 612. The first-order valence-corrected chi connectivity index (χ1v) is 5.77. The maximum absolute atomic E-state index is 11.1. The van der Waals surface area contributed by atoms with Crippen molar-refractivity contribution in [2.75, 3.05) is 0 Å². The zero-order valence-electron chi connectivity index (χ0n) is 9.71. The fourth-order valence-electron chi connectivity index (χ4n) is 2.32. The standard InChI is InChI=1S/C14H11N3O/c15-10-14(8-13(18)9-14)11-2-4-12(5-3-11)17-7-1-6-16-17/h1-7H,8-9H2. The summed E-state index contributed by atoms with van der Waals surface area (Å²) in [6, 6.07) is 11.8. The molecule has 1 aromatic heterocycles. The van der Waals surface area contributed by atoms with Crippen molar-refractivity contribution >= 4 is 5.78 Å². The third-order valence-corrected chi connectivity index (χ3v) is 3.40. The second-order valence-electron chi connectivity index (χ2n) is 4.58. The van der Waals surface area contributed by atoms with Gasteiger partial charge in [0.25, 0.3) is 0 Å². The van der Waals surface area contributed by atoms with E-state index < -0.39 is 5.41 Å². The van der Waals surface area contributed by atoms with Gasteiger partial charge in [-0.2, -0.15) is 10.4 Å². The Balaban J connectivity index is 1.92. The van der Waals surface area contributed by atoms with E-state index in [2.05, 4.69) is 11.2 Å². The van der Waals surface area contributed by atoms with Crippen LogP contribution < -0.4 is 0 Å². The number of hydrogen-bond donors (Lipinski definition) is 0. The van der Waals surface area contributed by atoms with Crippen molar-refractivity contribution < 1.29 is 4.79 Å². The van der Waals surface area contributed by atoms with Gasteiger partial charge in [-0.25, -0.2) is 4.68 Å². The molecule has 1 aliphatic carbocycles. The van der Waals surface area contributed by atoms with Gasteiger partial charge in [-0.3, -0.25) is 4.79 Å². The molecule has 1 heterocycles. The van der Waals surface area contributed by atoms with Gasteiger partial charge >= 0.3 is 0 Å². The molecule has 1 fully saturated rings. The largest absolute Gasteiger partial charge is 0.300 e. The third kappa shape index (κ3) is 1.52. The van der Waals surface area contributed by atoms with E-state index in [9.17, 15) is 10.1 Å². The Morgan fingerprint density at radius 2 is 2.00 bits per heavy atom. The summed E-state index contributed by atoms with van der Waals surface area (Å²) < 4.78 is 1.76. The van der Waals surface area contributed by atoms with Crippen LogP contribution in [0.5, 0.6) is 0 Å². The zero-order chi connectivity index (χ0) is 12.6. The molecule has 0 bridgehead atoms. The molecule has 0 saturated heterocycles. The number of carbonyl (C=O) groups excluding carboxylic acids is 1. The molecule has 1 saturated carbocycles.